The van der Waals surface area contributed by atoms with E-state index in [4.69, 9.17) is 15.0 Å². The van der Waals surface area contributed by atoms with Crippen LogP contribution in [0, 0.1) is 0 Å². The van der Waals surface area contributed by atoms with Crippen molar-refractivity contribution in [2.24, 2.45) is 0 Å². The van der Waals surface area contributed by atoms with Crippen LogP contribution in [0.5, 0.6) is 0 Å². The summed E-state index contributed by atoms with van der Waals surface area (Å²) < 4.78 is 0. The summed E-state index contributed by atoms with van der Waals surface area (Å²) in [6.07, 6.45) is 5.80. The van der Waals surface area contributed by atoms with Gasteiger partial charge >= 0.3 is 23.0 Å². The van der Waals surface area contributed by atoms with Crippen molar-refractivity contribution in [2.75, 3.05) is 0 Å². The smallest absolute Gasteiger partial charge is 0.478 e. The fourth-order valence-electron chi connectivity index (χ4n) is 6.32. The number of aromatic nitrogens is 5. The maximum absolute atomic E-state index is 11.6. The second-order valence-electron chi connectivity index (χ2n) is 11.5. The zero-order chi connectivity index (χ0) is 31.2. The second-order valence-corrected chi connectivity index (χ2v) is 11.5. The molecule has 7 nitrogen and oxygen atoms in total. The molecule has 231 valence electrons. The van der Waals surface area contributed by atoms with Crippen LogP contribution >= 0.6 is 0 Å². The number of nitrogens with one attached hydrogen (secondary N) is 2. The Bertz CT molecular complexity index is 2110. The Morgan fingerprint density at radius 3 is 1.57 bits per heavy atom. The first kappa shape index (κ1) is 31.0. The Balaban J connectivity index is 0.00000372. The van der Waals surface area contributed by atoms with Gasteiger partial charge in [-0.25, -0.2) is 19.7 Å². The number of aromatic carboxylic acids is 1. The van der Waals surface area contributed by atoms with Crippen LogP contribution in [0.3, 0.4) is 0 Å². The molecule has 1 aromatic carbocycles. The average molecular weight is 655 g/mol. The van der Waals surface area contributed by atoms with E-state index < -0.39 is 5.97 Å². The molecule has 4 aromatic rings. The molecule has 3 aliphatic rings. The molecule has 7 rings (SSSR count). The molecular formula is C38H33CuN5O2+2. The van der Waals surface area contributed by atoms with Gasteiger partial charge in [-0.05, 0) is 127 Å². The van der Waals surface area contributed by atoms with E-state index in [0.29, 0.717) is 0 Å². The van der Waals surface area contributed by atoms with Crippen molar-refractivity contribution in [1.82, 2.24) is 24.9 Å². The minimum Gasteiger partial charge on any atom is -0.478 e. The third-order valence-corrected chi connectivity index (χ3v) is 8.69. The predicted octanol–water partition coefficient (Wildman–Crippen LogP) is 9.36. The Morgan fingerprint density at radius 2 is 1.13 bits per heavy atom. The van der Waals surface area contributed by atoms with Crippen LogP contribution in [0.15, 0.2) is 72.8 Å². The van der Waals surface area contributed by atoms with Crippen molar-refractivity contribution in [2.45, 2.75) is 40.5 Å². The van der Waals surface area contributed by atoms with Crippen molar-refractivity contribution >= 4 is 62.5 Å². The first-order valence-electron chi connectivity index (χ1n) is 15.3. The van der Waals surface area contributed by atoms with E-state index in [1.54, 1.807) is 12.1 Å². The van der Waals surface area contributed by atoms with Crippen LogP contribution in [0.2, 0.25) is 0 Å². The van der Waals surface area contributed by atoms with E-state index in [-0.39, 0.29) is 22.6 Å². The molecule has 6 heterocycles. The first-order valence-corrected chi connectivity index (χ1v) is 15.3. The molecule has 0 amide bonds. The number of hydrogen-bond donors (Lipinski definition) is 3. The number of H-pyrrole nitrogens is 2. The van der Waals surface area contributed by atoms with Crippen LogP contribution in [-0.2, 0) is 17.1 Å². The number of rotatable bonds is 4. The van der Waals surface area contributed by atoms with Crippen molar-refractivity contribution in [3.8, 4) is 11.1 Å². The molecule has 1 radical (unpaired) electrons. The molecule has 3 N–H and O–H groups in total. The number of carboxylic acids is 1. The van der Waals surface area contributed by atoms with Gasteiger partial charge in [0.2, 0.25) is 0 Å². The molecule has 0 unspecified atom stereocenters. The number of aromatic amines is 2. The van der Waals surface area contributed by atoms with E-state index in [2.05, 4.69) is 86.2 Å². The van der Waals surface area contributed by atoms with Crippen molar-refractivity contribution in [1.29, 1.82) is 0 Å². The molecule has 0 fully saturated rings. The van der Waals surface area contributed by atoms with Gasteiger partial charge in [-0.15, -0.1) is 0 Å². The number of benzene rings is 1. The molecule has 10 bridgehead atoms. The molecule has 0 saturated heterocycles. The third-order valence-electron chi connectivity index (χ3n) is 8.69. The van der Waals surface area contributed by atoms with Gasteiger partial charge in [0.25, 0.3) is 0 Å². The second kappa shape index (κ2) is 12.4. The van der Waals surface area contributed by atoms with Gasteiger partial charge in [0, 0.05) is 27.6 Å². The standard InChI is InChI=1S/C38H33N5O2.Cu/c1-5-29-21(3)33-17-27-13-15-31(40-27)37(23-7-9-24(10-8-23)38(44)45)32-16-14-28(41-32)18-34-22(4)30(6-2)36(43-34)20-26-12-11-25(39-26)19-35(29)42-33;/h7-20,40-41H,5-6H2,1-4H3,(H,44,45);/q;+2. The normalized spacial score (nSPS) is 13.1. The molecule has 0 atom stereocenters. The summed E-state index contributed by atoms with van der Waals surface area (Å²) in [5, 5.41) is 9.49. The van der Waals surface area contributed by atoms with Crippen molar-refractivity contribution < 1.29 is 27.0 Å². The van der Waals surface area contributed by atoms with Crippen LogP contribution in [0.25, 0.3) is 67.6 Å². The van der Waals surface area contributed by atoms with Crippen molar-refractivity contribution in [3.63, 3.8) is 0 Å². The number of carbonyl (C=O) groups is 1. The molecule has 3 aromatic heterocycles. The van der Waals surface area contributed by atoms with E-state index in [1.807, 2.05) is 24.3 Å². The summed E-state index contributed by atoms with van der Waals surface area (Å²) >= 11 is 0. The SMILES string of the molecule is CCC1=C(C)c2cc3ccc([nH]3)c(-c3ccc(C(=O)O)cc3)c3ccc(cc4nc(cc5nc(cc1n2)C=C5)C(CC)=C4C)[nH]3.[Cu+2]. The Hall–Kier alpha value is -5.04. The van der Waals surface area contributed by atoms with Gasteiger partial charge in [-0.3, -0.25) is 0 Å². The average Bonchev–Trinajstić information content (AvgIpc) is 3.86. The van der Waals surface area contributed by atoms with Gasteiger partial charge in [0.1, 0.15) is 0 Å². The number of allylic oxidation sites excluding steroid dienone is 4. The van der Waals surface area contributed by atoms with E-state index in [0.717, 1.165) is 91.3 Å². The Kier molecular flexibility index (Phi) is 8.34. The minimum atomic E-state index is -0.952. The topological polar surface area (TPSA) is 108 Å². The number of nitrogens with zero attached hydrogens (tertiary/aromatic N) is 3. The van der Waals surface area contributed by atoms with Gasteiger partial charge in [0.05, 0.1) is 39.7 Å². The van der Waals surface area contributed by atoms with Crippen LogP contribution in [-0.4, -0.2) is 36.0 Å². The van der Waals surface area contributed by atoms with Gasteiger partial charge in [0.15, 0.2) is 0 Å². The number of carboxylic acid groups (broad SMARTS) is 1. The quantitative estimate of drug-likeness (QED) is 0.167. The van der Waals surface area contributed by atoms with Gasteiger partial charge in [-0.2, -0.15) is 0 Å². The maximum Gasteiger partial charge on any atom is 2.00 e. The van der Waals surface area contributed by atoms with E-state index in [1.165, 1.54) is 11.1 Å². The predicted molar refractivity (Wildman–Crippen MR) is 183 cm³/mol. The summed E-state index contributed by atoms with van der Waals surface area (Å²) in [5.74, 6) is -0.952. The number of fused-ring (bicyclic) bond motifs is 10. The largest absolute Gasteiger partial charge is 2.00 e. The summed E-state index contributed by atoms with van der Waals surface area (Å²) in [5.41, 5.74) is 15.9. The molecular weight excluding hydrogens is 622 g/mol. The summed E-state index contributed by atoms with van der Waals surface area (Å²) in [6, 6.07) is 23.5. The van der Waals surface area contributed by atoms with Gasteiger partial charge < -0.3 is 15.1 Å². The fourth-order valence-corrected chi connectivity index (χ4v) is 6.32. The Morgan fingerprint density at radius 1 is 0.652 bits per heavy atom. The molecule has 8 heteroatoms. The molecule has 0 aliphatic carbocycles. The van der Waals surface area contributed by atoms with E-state index in [9.17, 15) is 9.90 Å². The third kappa shape index (κ3) is 5.62. The molecule has 3 aliphatic heterocycles. The summed E-state index contributed by atoms with van der Waals surface area (Å²) in [4.78, 5) is 33.7. The Labute approximate surface area is 277 Å². The molecule has 0 spiro atoms. The zero-order valence-corrected chi connectivity index (χ0v) is 26.9. The number of hydrogen-bond acceptors (Lipinski definition) is 4. The van der Waals surface area contributed by atoms with Crippen molar-refractivity contribution in [3.05, 3.63) is 113 Å². The van der Waals surface area contributed by atoms with Crippen LogP contribution < -0.4 is 0 Å². The monoisotopic (exact) mass is 654 g/mol. The van der Waals surface area contributed by atoms with Crippen LogP contribution in [0.1, 0.15) is 85.1 Å². The summed E-state index contributed by atoms with van der Waals surface area (Å²) in [7, 11) is 0. The minimum absolute atomic E-state index is 0. The first-order chi connectivity index (χ1) is 21.8. The fraction of sp³-hybridized carbons (Fsp3) is 0.158. The van der Waals surface area contributed by atoms with Crippen LogP contribution in [0.4, 0.5) is 0 Å². The molecule has 46 heavy (non-hydrogen) atoms. The molecule has 0 saturated carbocycles. The van der Waals surface area contributed by atoms with E-state index >= 15 is 0 Å². The maximum atomic E-state index is 11.6. The zero-order valence-electron chi connectivity index (χ0n) is 26.0. The summed E-state index contributed by atoms with van der Waals surface area (Å²) in [6.45, 7) is 8.56. The van der Waals surface area contributed by atoms with Gasteiger partial charge in [-0.1, -0.05) is 26.0 Å².